The van der Waals surface area contributed by atoms with Gasteiger partial charge in [0.1, 0.15) is 31.0 Å². The van der Waals surface area contributed by atoms with Crippen LogP contribution >= 0.6 is 7.82 Å². The van der Waals surface area contributed by atoms with Gasteiger partial charge in [0.25, 0.3) is 7.82 Å². The number of phosphoric acid groups is 1. The molecule has 0 spiro atoms. The average molecular weight is 917 g/mol. The van der Waals surface area contributed by atoms with E-state index in [4.69, 9.17) is 23.3 Å². The van der Waals surface area contributed by atoms with Crippen LogP contribution in [0.2, 0.25) is 0 Å². The van der Waals surface area contributed by atoms with E-state index in [1.807, 2.05) is 0 Å². The summed E-state index contributed by atoms with van der Waals surface area (Å²) in [5.74, 6) is -1.07. The van der Waals surface area contributed by atoms with Gasteiger partial charge in [-0.05, 0) is 12.8 Å². The SMILES string of the molecule is CCCCCCCCCCCCCCCCCCCC(=O)O[C@@H](COC(=O)CCCCCCCCCCCCCCCCC)COP(=O)([O-])O[C@@H]1O[C@H](CO)[C@@H](O)[C@H](O)[C@H]1O.[Na+]. The van der Waals surface area contributed by atoms with E-state index in [1.54, 1.807) is 0 Å². The molecule has 62 heavy (non-hydrogen) atoms. The fraction of sp³-hybridized carbons (Fsp3) is 0.957. The van der Waals surface area contributed by atoms with Gasteiger partial charge in [0.15, 0.2) is 12.4 Å². The molecule has 0 aliphatic carbocycles. The number of hydrogen-bond donors (Lipinski definition) is 4. The van der Waals surface area contributed by atoms with E-state index < -0.39 is 76.4 Å². The number of esters is 2. The van der Waals surface area contributed by atoms with Crippen molar-refractivity contribution in [2.24, 2.45) is 0 Å². The molecule has 13 nitrogen and oxygen atoms in total. The maximum Gasteiger partial charge on any atom is 1.00 e. The van der Waals surface area contributed by atoms with Gasteiger partial charge in [-0.3, -0.25) is 18.7 Å². The van der Waals surface area contributed by atoms with Crippen molar-refractivity contribution >= 4 is 19.8 Å². The van der Waals surface area contributed by atoms with Gasteiger partial charge in [-0.1, -0.05) is 206 Å². The number of aliphatic hydroxyl groups is 4. The number of hydrogen-bond acceptors (Lipinski definition) is 13. The first kappa shape index (κ1) is 61.9. The van der Waals surface area contributed by atoms with Crippen molar-refractivity contribution in [3.05, 3.63) is 0 Å². The Labute approximate surface area is 398 Å². The van der Waals surface area contributed by atoms with Crippen molar-refractivity contribution in [1.29, 1.82) is 0 Å². The Morgan fingerprint density at radius 2 is 0.903 bits per heavy atom. The minimum absolute atomic E-state index is 0. The predicted octanol–water partition coefficient (Wildman–Crippen LogP) is 7.05. The van der Waals surface area contributed by atoms with Crippen LogP contribution in [0.15, 0.2) is 0 Å². The molecule has 0 aromatic heterocycles. The van der Waals surface area contributed by atoms with Crippen LogP contribution in [0, 0.1) is 0 Å². The van der Waals surface area contributed by atoms with Gasteiger partial charge in [0.05, 0.1) is 13.2 Å². The first-order chi connectivity index (χ1) is 29.5. The van der Waals surface area contributed by atoms with Crippen LogP contribution in [-0.2, 0) is 37.4 Å². The summed E-state index contributed by atoms with van der Waals surface area (Å²) in [5.41, 5.74) is 0. The summed E-state index contributed by atoms with van der Waals surface area (Å²) < 4.78 is 38.4. The summed E-state index contributed by atoms with van der Waals surface area (Å²) in [6, 6.07) is 0. The third-order valence-electron chi connectivity index (χ3n) is 11.7. The quantitative estimate of drug-likeness (QED) is 0.0210. The van der Waals surface area contributed by atoms with E-state index in [2.05, 4.69) is 13.8 Å². The zero-order chi connectivity index (χ0) is 44.8. The molecule has 362 valence electrons. The van der Waals surface area contributed by atoms with Gasteiger partial charge in [0, 0.05) is 12.8 Å². The second-order valence-electron chi connectivity index (χ2n) is 17.4. The molecule has 1 aliphatic rings. The molecular weight excluding hydrogens is 826 g/mol. The molecule has 0 amide bonds. The topological polar surface area (TPSA) is 201 Å². The van der Waals surface area contributed by atoms with Gasteiger partial charge in [-0.25, -0.2) is 0 Å². The Morgan fingerprint density at radius 1 is 0.548 bits per heavy atom. The third kappa shape index (κ3) is 34.2. The van der Waals surface area contributed by atoms with Gasteiger partial charge in [0.2, 0.25) is 0 Å². The number of unbranched alkanes of at least 4 members (excludes halogenated alkanes) is 30. The molecule has 1 saturated heterocycles. The van der Waals surface area contributed by atoms with E-state index in [-0.39, 0.29) is 42.4 Å². The monoisotopic (exact) mass is 917 g/mol. The van der Waals surface area contributed by atoms with Crippen LogP contribution < -0.4 is 34.5 Å². The van der Waals surface area contributed by atoms with Gasteiger partial charge >= 0.3 is 41.5 Å². The molecule has 1 heterocycles. The van der Waals surface area contributed by atoms with E-state index in [0.717, 1.165) is 38.5 Å². The van der Waals surface area contributed by atoms with Crippen LogP contribution in [0.5, 0.6) is 0 Å². The van der Waals surface area contributed by atoms with Crippen LogP contribution in [0.4, 0.5) is 0 Å². The fourth-order valence-corrected chi connectivity index (χ4v) is 8.58. The first-order valence-electron chi connectivity index (χ1n) is 24.8. The zero-order valence-electron chi connectivity index (χ0n) is 39.5. The normalized spacial score (nSPS) is 20.3. The molecule has 4 N–H and O–H groups in total. The van der Waals surface area contributed by atoms with Crippen molar-refractivity contribution in [2.45, 2.75) is 269 Å². The van der Waals surface area contributed by atoms with Gasteiger partial charge in [-0.2, -0.15) is 0 Å². The molecule has 1 fully saturated rings. The predicted molar refractivity (Wildman–Crippen MR) is 238 cm³/mol. The van der Waals surface area contributed by atoms with Crippen LogP contribution in [0.1, 0.15) is 232 Å². The number of rotatable bonds is 43. The van der Waals surface area contributed by atoms with Gasteiger partial charge < -0.3 is 44.1 Å². The van der Waals surface area contributed by atoms with Crippen LogP contribution in [0.25, 0.3) is 0 Å². The van der Waals surface area contributed by atoms with Crippen LogP contribution in [0.3, 0.4) is 0 Å². The van der Waals surface area contributed by atoms with E-state index >= 15 is 0 Å². The summed E-state index contributed by atoms with van der Waals surface area (Å²) >= 11 is 0. The van der Waals surface area contributed by atoms with Crippen molar-refractivity contribution < 1.29 is 92.3 Å². The summed E-state index contributed by atoms with van der Waals surface area (Å²) in [7, 11) is -5.27. The molecule has 0 bridgehead atoms. The second-order valence-corrected chi connectivity index (χ2v) is 18.8. The summed E-state index contributed by atoms with van der Waals surface area (Å²) in [6.07, 6.45) is 28.9. The molecular formula is C47H90NaO13P. The summed E-state index contributed by atoms with van der Waals surface area (Å²) in [5, 5.41) is 39.6. The van der Waals surface area contributed by atoms with Crippen LogP contribution in [-0.4, -0.2) is 89.0 Å². The molecule has 15 heteroatoms. The number of aliphatic hydroxyl groups excluding tert-OH is 4. The number of phosphoric ester groups is 1. The number of carbonyl (C=O) groups is 2. The molecule has 1 aliphatic heterocycles. The minimum Gasteiger partial charge on any atom is -0.756 e. The summed E-state index contributed by atoms with van der Waals surface area (Å²) in [6.45, 7) is 2.55. The maximum absolute atomic E-state index is 12.8. The first-order valence-corrected chi connectivity index (χ1v) is 26.3. The largest absolute Gasteiger partial charge is 1.00 e. The van der Waals surface area contributed by atoms with Crippen molar-refractivity contribution in [2.75, 3.05) is 19.8 Å². The molecule has 1 unspecified atom stereocenters. The molecule has 7 atom stereocenters. The van der Waals surface area contributed by atoms with E-state index in [0.29, 0.717) is 12.8 Å². The molecule has 0 saturated carbocycles. The average Bonchev–Trinajstić information content (AvgIpc) is 3.24. The zero-order valence-corrected chi connectivity index (χ0v) is 42.4. The Bertz CT molecular complexity index is 1090. The molecule has 0 aromatic carbocycles. The van der Waals surface area contributed by atoms with Crippen molar-refractivity contribution in [1.82, 2.24) is 0 Å². The molecule has 1 rings (SSSR count). The van der Waals surface area contributed by atoms with Crippen molar-refractivity contribution in [3.8, 4) is 0 Å². The third-order valence-corrected chi connectivity index (χ3v) is 12.6. The molecule has 0 aromatic rings. The Hall–Kier alpha value is -0.150. The smallest absolute Gasteiger partial charge is 0.756 e. The Kier molecular flexibility index (Phi) is 42.1. The van der Waals surface area contributed by atoms with E-state index in [9.17, 15) is 39.5 Å². The Balaban J connectivity index is 0.0000372. The Morgan fingerprint density at radius 3 is 1.27 bits per heavy atom. The standard InChI is InChI=1S/C47H91O13P.Na/c1-3-5-7-9-11-13-15-17-19-20-22-24-26-28-30-32-34-36-43(50)58-40(39-57-61(54,55)60-47-46(53)45(52)44(51)41(37-48)59-47)38-56-42(49)35-33-31-29-27-25-23-21-18-16-14-12-10-8-6-4-2;/h40-41,44-48,51-53H,3-39H2,1-2H3,(H,54,55);/q;+1/p-1/t40-,41+,44+,45-,46+,47-;/m0./s1. The number of carbonyl (C=O) groups excluding carboxylic acids is 2. The second kappa shape index (κ2) is 42.2. The number of ether oxygens (including phenoxy) is 3. The minimum atomic E-state index is -5.27. The fourth-order valence-electron chi connectivity index (χ4n) is 7.74. The summed E-state index contributed by atoms with van der Waals surface area (Å²) in [4.78, 5) is 38.1. The van der Waals surface area contributed by atoms with Crippen molar-refractivity contribution in [3.63, 3.8) is 0 Å². The van der Waals surface area contributed by atoms with Gasteiger partial charge in [-0.15, -0.1) is 0 Å². The molecule has 0 radical (unpaired) electrons. The van der Waals surface area contributed by atoms with E-state index in [1.165, 1.54) is 154 Å². The maximum atomic E-state index is 12.8.